The molecule has 0 aliphatic rings. The van der Waals surface area contributed by atoms with Gasteiger partial charge in [-0.2, -0.15) is 0 Å². The molecule has 0 amide bonds. The lowest BCUT2D eigenvalue weighted by atomic mass is 10.0. The molecule has 2 nitrogen and oxygen atoms in total. The Hall–Kier alpha value is -0.750. The first-order valence-electron chi connectivity index (χ1n) is 6.13. The molecule has 0 saturated carbocycles. The Bertz CT molecular complexity index is 536. The van der Waals surface area contributed by atoms with Gasteiger partial charge >= 0.3 is 0 Å². The Balaban J connectivity index is 2.25. The van der Waals surface area contributed by atoms with Crippen LogP contribution in [0.4, 0.5) is 4.39 Å². The fourth-order valence-corrected chi connectivity index (χ4v) is 3.63. The lowest BCUT2D eigenvalue weighted by molar-refractivity contribution is 0.510. The average Bonchev–Trinajstić information content (AvgIpc) is 2.85. The monoisotopic (exact) mass is 342 g/mol. The van der Waals surface area contributed by atoms with E-state index in [1.807, 2.05) is 6.07 Å². The molecule has 1 unspecified atom stereocenters. The first kappa shape index (κ1) is 14.7. The van der Waals surface area contributed by atoms with Crippen molar-refractivity contribution in [2.75, 3.05) is 0 Å². The van der Waals surface area contributed by atoms with E-state index >= 15 is 0 Å². The van der Waals surface area contributed by atoms with E-state index in [4.69, 9.17) is 5.84 Å². The summed E-state index contributed by atoms with van der Waals surface area (Å²) in [6.07, 6.45) is 1.70. The van der Waals surface area contributed by atoms with E-state index in [2.05, 4.69) is 40.4 Å². The van der Waals surface area contributed by atoms with E-state index < -0.39 is 0 Å². The van der Waals surface area contributed by atoms with E-state index in [-0.39, 0.29) is 11.9 Å². The van der Waals surface area contributed by atoms with Gasteiger partial charge in [-0.25, -0.2) is 4.39 Å². The van der Waals surface area contributed by atoms with Gasteiger partial charge in [0.05, 0.1) is 6.04 Å². The third-order valence-electron chi connectivity index (χ3n) is 3.02. The average molecular weight is 343 g/mol. The van der Waals surface area contributed by atoms with E-state index in [1.54, 1.807) is 17.4 Å². The maximum atomic E-state index is 13.9. The van der Waals surface area contributed by atoms with Crippen molar-refractivity contribution in [1.29, 1.82) is 0 Å². The van der Waals surface area contributed by atoms with Gasteiger partial charge in [0.25, 0.3) is 0 Å². The maximum Gasteiger partial charge on any atom is 0.129 e. The molecular weight excluding hydrogens is 327 g/mol. The molecule has 2 rings (SSSR count). The number of hydrogen-bond acceptors (Lipinski definition) is 3. The van der Waals surface area contributed by atoms with E-state index in [0.717, 1.165) is 10.9 Å². The first-order chi connectivity index (χ1) is 9.15. The van der Waals surface area contributed by atoms with Crippen LogP contribution in [0.25, 0.3) is 0 Å². The number of benzene rings is 1. The van der Waals surface area contributed by atoms with Crippen molar-refractivity contribution in [2.45, 2.75) is 25.8 Å². The highest BCUT2D eigenvalue weighted by atomic mass is 79.9. The zero-order valence-corrected chi connectivity index (χ0v) is 13.0. The van der Waals surface area contributed by atoms with Crippen molar-refractivity contribution >= 4 is 27.3 Å². The molecule has 1 heterocycles. The standard InChI is InChI=1S/C14H16BrFN2S/c1-2-9-6-7-10(19-9)8-13(18-17)14-11(15)4-3-5-12(14)16/h3-7,13,18H,2,8,17H2,1H3. The predicted octanol–water partition coefficient (Wildman–Crippen LogP) is 3.96. The summed E-state index contributed by atoms with van der Waals surface area (Å²) in [5.74, 6) is 5.35. The molecule has 0 spiro atoms. The van der Waals surface area contributed by atoms with Crippen LogP contribution in [0, 0.1) is 5.82 Å². The van der Waals surface area contributed by atoms with Gasteiger partial charge in [-0.1, -0.05) is 28.9 Å². The second-order valence-corrected chi connectivity index (χ2v) is 6.39. The van der Waals surface area contributed by atoms with Crippen molar-refractivity contribution < 1.29 is 4.39 Å². The maximum absolute atomic E-state index is 13.9. The predicted molar refractivity (Wildman–Crippen MR) is 81.6 cm³/mol. The quantitative estimate of drug-likeness (QED) is 0.637. The van der Waals surface area contributed by atoms with E-state index in [0.29, 0.717) is 12.0 Å². The molecule has 0 bridgehead atoms. The molecule has 1 atom stereocenters. The number of rotatable bonds is 5. The van der Waals surface area contributed by atoms with Crippen molar-refractivity contribution in [2.24, 2.45) is 5.84 Å². The molecule has 0 aliphatic carbocycles. The van der Waals surface area contributed by atoms with Gasteiger partial charge in [-0.15, -0.1) is 11.3 Å². The summed E-state index contributed by atoms with van der Waals surface area (Å²) in [4.78, 5) is 2.54. The van der Waals surface area contributed by atoms with E-state index in [1.165, 1.54) is 15.8 Å². The number of thiophene rings is 1. The summed E-state index contributed by atoms with van der Waals surface area (Å²) in [6.45, 7) is 2.13. The van der Waals surface area contributed by atoms with Gasteiger partial charge < -0.3 is 0 Å². The Morgan fingerprint density at radius 3 is 2.63 bits per heavy atom. The van der Waals surface area contributed by atoms with Crippen molar-refractivity contribution in [3.63, 3.8) is 0 Å². The fourth-order valence-electron chi connectivity index (χ4n) is 2.01. The minimum absolute atomic E-state index is 0.237. The second kappa shape index (κ2) is 6.61. The summed E-state index contributed by atoms with van der Waals surface area (Å²) in [6, 6.07) is 8.92. The molecule has 5 heteroatoms. The van der Waals surface area contributed by atoms with Gasteiger partial charge in [-0.05, 0) is 30.7 Å². The number of hydrogen-bond donors (Lipinski definition) is 2. The largest absolute Gasteiger partial charge is 0.271 e. The van der Waals surface area contributed by atoms with Crippen molar-refractivity contribution in [1.82, 2.24) is 5.43 Å². The normalized spacial score (nSPS) is 12.6. The Morgan fingerprint density at radius 1 is 1.32 bits per heavy atom. The van der Waals surface area contributed by atoms with Gasteiger partial charge in [0.1, 0.15) is 5.82 Å². The van der Waals surface area contributed by atoms with Gasteiger partial charge in [0.15, 0.2) is 0 Å². The van der Waals surface area contributed by atoms with Crippen LogP contribution in [0.15, 0.2) is 34.8 Å². The third kappa shape index (κ3) is 3.42. The highest BCUT2D eigenvalue weighted by Crippen LogP contribution is 2.30. The molecule has 1 aromatic heterocycles. The minimum atomic E-state index is -0.246. The van der Waals surface area contributed by atoms with Crippen LogP contribution in [0.2, 0.25) is 0 Å². The zero-order chi connectivity index (χ0) is 13.8. The van der Waals surface area contributed by atoms with Crippen LogP contribution in [-0.4, -0.2) is 0 Å². The molecule has 2 aromatic rings. The van der Waals surface area contributed by atoms with Gasteiger partial charge in [-0.3, -0.25) is 11.3 Å². The van der Waals surface area contributed by atoms with Crippen LogP contribution in [-0.2, 0) is 12.8 Å². The van der Waals surface area contributed by atoms with Crippen molar-refractivity contribution in [3.8, 4) is 0 Å². The molecule has 0 fully saturated rings. The van der Waals surface area contributed by atoms with Crippen molar-refractivity contribution in [3.05, 3.63) is 55.9 Å². The minimum Gasteiger partial charge on any atom is -0.271 e. The van der Waals surface area contributed by atoms with Gasteiger partial charge in [0.2, 0.25) is 0 Å². The summed E-state index contributed by atoms with van der Waals surface area (Å²) < 4.78 is 14.7. The van der Waals surface area contributed by atoms with Crippen LogP contribution < -0.4 is 11.3 Å². The number of nitrogens with two attached hydrogens (primary N) is 1. The first-order valence-corrected chi connectivity index (χ1v) is 7.74. The number of nitrogens with one attached hydrogen (secondary N) is 1. The summed E-state index contributed by atoms with van der Waals surface area (Å²) >= 11 is 5.14. The number of halogens is 2. The topological polar surface area (TPSA) is 38.0 Å². The summed E-state index contributed by atoms with van der Waals surface area (Å²) in [5.41, 5.74) is 3.29. The molecule has 3 N–H and O–H groups in total. The SMILES string of the molecule is CCc1ccc(CC(NN)c2c(F)cccc2Br)s1. The molecule has 1 aromatic carbocycles. The smallest absolute Gasteiger partial charge is 0.129 e. The molecule has 0 radical (unpaired) electrons. The second-order valence-electron chi connectivity index (χ2n) is 4.28. The Kier molecular flexibility index (Phi) is 5.10. The Morgan fingerprint density at radius 2 is 2.05 bits per heavy atom. The molecule has 19 heavy (non-hydrogen) atoms. The fraction of sp³-hybridized carbons (Fsp3) is 0.286. The van der Waals surface area contributed by atoms with Crippen LogP contribution in [0.1, 0.15) is 28.3 Å². The van der Waals surface area contributed by atoms with Gasteiger partial charge in [0, 0.05) is 26.2 Å². The molecule has 0 saturated heterocycles. The highest BCUT2D eigenvalue weighted by Gasteiger charge is 2.18. The molecule has 0 aliphatic heterocycles. The van der Waals surface area contributed by atoms with E-state index in [9.17, 15) is 4.39 Å². The highest BCUT2D eigenvalue weighted by molar-refractivity contribution is 9.10. The summed E-state index contributed by atoms with van der Waals surface area (Å²) in [5, 5.41) is 0. The lowest BCUT2D eigenvalue weighted by Gasteiger charge is -2.17. The molecular formula is C14H16BrFN2S. The van der Waals surface area contributed by atoms with Crippen LogP contribution in [0.3, 0.4) is 0 Å². The zero-order valence-electron chi connectivity index (χ0n) is 10.6. The van der Waals surface area contributed by atoms with Crippen LogP contribution in [0.5, 0.6) is 0 Å². The lowest BCUT2D eigenvalue weighted by Crippen LogP contribution is -2.30. The number of aryl methyl sites for hydroxylation is 1. The van der Waals surface area contributed by atoms with Crippen LogP contribution >= 0.6 is 27.3 Å². The summed E-state index contributed by atoms with van der Waals surface area (Å²) in [7, 11) is 0. The third-order valence-corrected chi connectivity index (χ3v) is 4.96. The molecule has 102 valence electrons. The Labute approximate surface area is 124 Å². The number of hydrazine groups is 1.